The molecule has 0 saturated carbocycles. The van der Waals surface area contributed by atoms with Gasteiger partial charge in [-0.1, -0.05) is 6.92 Å². The Morgan fingerprint density at radius 2 is 1.78 bits per heavy atom. The number of nitrogens with zero attached hydrogens (tertiary/aromatic N) is 2. The summed E-state index contributed by atoms with van der Waals surface area (Å²) in [5.74, 6) is 0.964. The minimum Gasteiger partial charge on any atom is -0.318 e. The molecule has 0 amide bonds. The second-order valence-electron chi connectivity index (χ2n) is 6.11. The lowest BCUT2D eigenvalue weighted by atomic mass is 9.94. The molecule has 0 aromatic rings. The van der Waals surface area contributed by atoms with Gasteiger partial charge in [-0.3, -0.25) is 4.90 Å². The van der Waals surface area contributed by atoms with Crippen molar-refractivity contribution in [2.45, 2.75) is 45.1 Å². The molecular weight excluding hydrogens is 222 g/mol. The molecule has 0 spiro atoms. The molecule has 0 bridgehead atoms. The third kappa shape index (κ3) is 3.94. The van der Waals surface area contributed by atoms with E-state index in [9.17, 15) is 0 Å². The third-order valence-corrected chi connectivity index (χ3v) is 4.79. The topological polar surface area (TPSA) is 18.5 Å². The molecule has 2 heterocycles. The van der Waals surface area contributed by atoms with Crippen LogP contribution in [0.1, 0.15) is 39.0 Å². The van der Waals surface area contributed by atoms with Crippen LogP contribution in [-0.2, 0) is 0 Å². The highest BCUT2D eigenvalue weighted by Gasteiger charge is 2.25. The van der Waals surface area contributed by atoms with Gasteiger partial charge in [-0.2, -0.15) is 0 Å². The van der Waals surface area contributed by atoms with Crippen LogP contribution in [0.3, 0.4) is 0 Å². The fraction of sp³-hybridized carbons (Fsp3) is 1.00. The molecule has 1 N–H and O–H groups in total. The van der Waals surface area contributed by atoms with Gasteiger partial charge in [0.1, 0.15) is 0 Å². The van der Waals surface area contributed by atoms with Gasteiger partial charge in [-0.25, -0.2) is 0 Å². The fourth-order valence-corrected chi connectivity index (χ4v) is 3.60. The molecule has 2 rings (SSSR count). The smallest absolute Gasteiger partial charge is 0.0217 e. The molecule has 1 unspecified atom stereocenters. The quantitative estimate of drug-likeness (QED) is 0.778. The summed E-state index contributed by atoms with van der Waals surface area (Å²) in [4.78, 5) is 5.39. The Morgan fingerprint density at radius 1 is 1.11 bits per heavy atom. The van der Waals surface area contributed by atoms with Crippen LogP contribution in [0.2, 0.25) is 0 Å². The van der Waals surface area contributed by atoms with Crippen molar-refractivity contribution < 1.29 is 0 Å². The van der Waals surface area contributed by atoms with Crippen molar-refractivity contribution in [1.29, 1.82) is 0 Å². The van der Waals surface area contributed by atoms with Crippen molar-refractivity contribution in [3.8, 4) is 0 Å². The van der Waals surface area contributed by atoms with E-state index < -0.39 is 0 Å². The fourth-order valence-electron chi connectivity index (χ4n) is 3.60. The molecule has 3 nitrogen and oxygen atoms in total. The zero-order valence-corrected chi connectivity index (χ0v) is 12.3. The van der Waals surface area contributed by atoms with E-state index in [2.05, 4.69) is 29.1 Å². The molecule has 2 saturated heterocycles. The van der Waals surface area contributed by atoms with Gasteiger partial charge in [0.2, 0.25) is 0 Å². The second kappa shape index (κ2) is 7.46. The number of likely N-dealkylation sites (N-methyl/N-ethyl adjacent to an activating group) is 1. The van der Waals surface area contributed by atoms with Gasteiger partial charge in [0.15, 0.2) is 0 Å². The van der Waals surface area contributed by atoms with Gasteiger partial charge in [-0.05, 0) is 71.2 Å². The molecule has 0 radical (unpaired) electrons. The molecule has 0 aromatic carbocycles. The molecule has 0 aromatic heterocycles. The van der Waals surface area contributed by atoms with Crippen molar-refractivity contribution in [2.24, 2.45) is 5.92 Å². The molecule has 2 aliphatic rings. The largest absolute Gasteiger partial charge is 0.318 e. The lowest BCUT2D eigenvalue weighted by Crippen LogP contribution is -2.46. The number of hydrogen-bond acceptors (Lipinski definition) is 3. The van der Waals surface area contributed by atoms with Crippen molar-refractivity contribution in [1.82, 2.24) is 15.1 Å². The first-order valence-corrected chi connectivity index (χ1v) is 7.94. The Labute approximate surface area is 113 Å². The molecule has 1 atom stereocenters. The maximum atomic E-state index is 3.34. The van der Waals surface area contributed by atoms with Crippen LogP contribution in [0.5, 0.6) is 0 Å². The van der Waals surface area contributed by atoms with Gasteiger partial charge < -0.3 is 10.2 Å². The molecule has 0 aliphatic carbocycles. The first kappa shape index (κ1) is 14.3. The first-order valence-electron chi connectivity index (χ1n) is 7.94. The normalized spacial score (nSPS) is 25.7. The predicted molar refractivity (Wildman–Crippen MR) is 78.0 cm³/mol. The SMILES string of the molecule is CCC(CNC)N1CCC(CN2CCCC2)CC1. The Kier molecular flexibility index (Phi) is 5.93. The van der Waals surface area contributed by atoms with Crippen molar-refractivity contribution in [3.05, 3.63) is 0 Å². The standard InChI is InChI=1S/C15H31N3/c1-3-15(12-16-2)18-10-6-14(7-11-18)13-17-8-4-5-9-17/h14-16H,3-13H2,1-2H3. The van der Waals surface area contributed by atoms with E-state index in [0.717, 1.165) is 18.5 Å². The average Bonchev–Trinajstić information content (AvgIpc) is 2.90. The van der Waals surface area contributed by atoms with E-state index in [1.165, 1.54) is 64.8 Å². The molecular formula is C15H31N3. The van der Waals surface area contributed by atoms with E-state index in [0.29, 0.717) is 0 Å². The van der Waals surface area contributed by atoms with Crippen LogP contribution in [-0.4, -0.2) is 62.2 Å². The summed E-state index contributed by atoms with van der Waals surface area (Å²) in [6.45, 7) is 10.2. The first-order chi connectivity index (χ1) is 8.83. The number of piperidine rings is 1. The Balaban J connectivity index is 1.69. The van der Waals surface area contributed by atoms with Crippen molar-refractivity contribution in [3.63, 3.8) is 0 Å². The molecule has 2 fully saturated rings. The van der Waals surface area contributed by atoms with Crippen molar-refractivity contribution >= 4 is 0 Å². The maximum Gasteiger partial charge on any atom is 0.0217 e. The highest BCUT2D eigenvalue weighted by Crippen LogP contribution is 2.22. The van der Waals surface area contributed by atoms with E-state index in [1.807, 2.05) is 0 Å². The lowest BCUT2D eigenvalue weighted by Gasteiger charge is -2.38. The number of nitrogens with one attached hydrogen (secondary N) is 1. The molecule has 2 aliphatic heterocycles. The van der Waals surface area contributed by atoms with Crippen LogP contribution in [0.25, 0.3) is 0 Å². The summed E-state index contributed by atoms with van der Waals surface area (Å²) in [6.07, 6.45) is 6.96. The van der Waals surface area contributed by atoms with Crippen LogP contribution in [0.4, 0.5) is 0 Å². The van der Waals surface area contributed by atoms with Crippen LogP contribution in [0.15, 0.2) is 0 Å². The number of hydrogen-bond donors (Lipinski definition) is 1. The van der Waals surface area contributed by atoms with Crippen LogP contribution in [0, 0.1) is 5.92 Å². The third-order valence-electron chi connectivity index (χ3n) is 4.79. The second-order valence-corrected chi connectivity index (χ2v) is 6.11. The van der Waals surface area contributed by atoms with E-state index in [4.69, 9.17) is 0 Å². The van der Waals surface area contributed by atoms with E-state index >= 15 is 0 Å². The predicted octanol–water partition coefficient (Wildman–Crippen LogP) is 1.79. The minimum absolute atomic E-state index is 0.753. The van der Waals surface area contributed by atoms with Crippen LogP contribution < -0.4 is 5.32 Å². The number of rotatable bonds is 6. The van der Waals surface area contributed by atoms with Gasteiger partial charge in [-0.15, -0.1) is 0 Å². The zero-order valence-electron chi connectivity index (χ0n) is 12.3. The average molecular weight is 253 g/mol. The Bertz CT molecular complexity index is 218. The minimum atomic E-state index is 0.753. The summed E-state index contributed by atoms with van der Waals surface area (Å²) in [7, 11) is 2.07. The molecule has 3 heteroatoms. The zero-order chi connectivity index (χ0) is 12.8. The van der Waals surface area contributed by atoms with Crippen LogP contribution >= 0.6 is 0 Å². The summed E-state index contributed by atoms with van der Waals surface area (Å²) in [6, 6.07) is 0.753. The van der Waals surface area contributed by atoms with E-state index in [-0.39, 0.29) is 0 Å². The van der Waals surface area contributed by atoms with Gasteiger partial charge in [0, 0.05) is 19.1 Å². The van der Waals surface area contributed by atoms with Gasteiger partial charge in [0.05, 0.1) is 0 Å². The van der Waals surface area contributed by atoms with E-state index in [1.54, 1.807) is 0 Å². The van der Waals surface area contributed by atoms with Crippen molar-refractivity contribution in [2.75, 3.05) is 46.3 Å². The van der Waals surface area contributed by atoms with Gasteiger partial charge >= 0.3 is 0 Å². The summed E-state index contributed by atoms with van der Waals surface area (Å²) >= 11 is 0. The Hall–Kier alpha value is -0.120. The van der Waals surface area contributed by atoms with Gasteiger partial charge in [0.25, 0.3) is 0 Å². The highest BCUT2D eigenvalue weighted by atomic mass is 15.2. The summed E-state index contributed by atoms with van der Waals surface area (Å²) < 4.78 is 0. The Morgan fingerprint density at radius 3 is 2.33 bits per heavy atom. The molecule has 18 heavy (non-hydrogen) atoms. The monoisotopic (exact) mass is 253 g/mol. The highest BCUT2D eigenvalue weighted by molar-refractivity contribution is 4.81. The lowest BCUT2D eigenvalue weighted by molar-refractivity contribution is 0.112. The molecule has 106 valence electrons. The maximum absolute atomic E-state index is 3.34. The number of likely N-dealkylation sites (tertiary alicyclic amines) is 2. The summed E-state index contributed by atoms with van der Waals surface area (Å²) in [5.41, 5.74) is 0. The summed E-state index contributed by atoms with van der Waals surface area (Å²) in [5, 5.41) is 3.34.